The topological polar surface area (TPSA) is 74.8 Å². The van der Waals surface area contributed by atoms with Gasteiger partial charge < -0.3 is 59.5 Å². The summed E-state index contributed by atoms with van der Waals surface area (Å²) in [5.41, 5.74) is 0. The molecule has 2 saturated heterocycles. The summed E-state index contributed by atoms with van der Waals surface area (Å²) in [5, 5.41) is 0. The van der Waals surface area contributed by atoms with Crippen molar-refractivity contribution in [2.24, 2.45) is 0 Å². The molecular formula is C12H20MnN2O4S6. The minimum Gasteiger partial charge on any atom is -0.411 e. The Morgan fingerprint density at radius 2 is 1.12 bits per heavy atom. The van der Waals surface area contributed by atoms with E-state index in [0.29, 0.717) is 21.5 Å². The second-order valence-corrected chi connectivity index (χ2v) is 12.4. The van der Waals surface area contributed by atoms with Crippen molar-refractivity contribution in [3.8, 4) is 0 Å². The van der Waals surface area contributed by atoms with Crippen molar-refractivity contribution in [1.82, 2.24) is 9.80 Å². The summed E-state index contributed by atoms with van der Waals surface area (Å²) in [7, 11) is -2.14. The Labute approximate surface area is 182 Å². The summed E-state index contributed by atoms with van der Waals surface area (Å²) in [6.45, 7) is 0. The number of sulfone groups is 2. The van der Waals surface area contributed by atoms with Gasteiger partial charge in [-0.15, -0.1) is 0 Å². The van der Waals surface area contributed by atoms with E-state index in [2.05, 4.69) is 0 Å². The first-order valence-electron chi connectivity index (χ1n) is 7.13. The molecule has 0 aliphatic carbocycles. The van der Waals surface area contributed by atoms with Crippen LogP contribution in [0, 0.1) is 0 Å². The number of rotatable bonds is 2. The summed E-state index contributed by atoms with van der Waals surface area (Å²) >= 11 is 19.1. The van der Waals surface area contributed by atoms with Gasteiger partial charge in [-0.25, -0.2) is 16.8 Å². The van der Waals surface area contributed by atoms with Gasteiger partial charge in [0.25, 0.3) is 0 Å². The van der Waals surface area contributed by atoms with Crippen molar-refractivity contribution < 1.29 is 33.9 Å². The van der Waals surface area contributed by atoms with Gasteiger partial charge in [-0.05, 0) is 12.8 Å². The van der Waals surface area contributed by atoms with Gasteiger partial charge in [-0.3, -0.25) is 0 Å². The third-order valence-electron chi connectivity index (χ3n) is 4.09. The molecule has 0 aromatic carbocycles. The molecule has 0 aromatic rings. The Morgan fingerprint density at radius 1 is 0.840 bits per heavy atom. The molecule has 0 aromatic heterocycles. The molecule has 0 N–H and O–H groups in total. The third-order valence-corrected chi connectivity index (χ3v) is 8.74. The van der Waals surface area contributed by atoms with Crippen LogP contribution in [0.1, 0.15) is 12.8 Å². The van der Waals surface area contributed by atoms with Crippen molar-refractivity contribution in [3.63, 3.8) is 0 Å². The van der Waals surface area contributed by atoms with Gasteiger partial charge in [0.05, 0.1) is 23.0 Å². The SMILES string of the molecule is CN(C(=S)[S-])C1CCS(=O)(=O)C1.CN(C(=S)[S-])C1CCS(=O)(=O)C1.[Mn+2]. The van der Waals surface area contributed by atoms with Gasteiger partial charge >= 0.3 is 17.1 Å². The fourth-order valence-electron chi connectivity index (χ4n) is 2.46. The molecule has 145 valence electrons. The van der Waals surface area contributed by atoms with Gasteiger partial charge in [-0.2, -0.15) is 0 Å². The second-order valence-electron chi connectivity index (χ2n) is 5.87. The molecule has 0 saturated carbocycles. The fourth-order valence-corrected chi connectivity index (χ4v) is 6.60. The molecule has 2 rings (SSSR count). The molecule has 2 aliphatic rings. The zero-order chi connectivity index (χ0) is 18.7. The molecule has 0 amide bonds. The standard InChI is InChI=1S/2C6H11NO2S3.Mn/c2*1-7(6(10)11)5-2-3-12(8,9)4-5;/h2*5H,2-4H2,1H3,(H,10,11);/q;;+2/p-2. The van der Waals surface area contributed by atoms with Crippen molar-refractivity contribution in [2.45, 2.75) is 24.9 Å². The van der Waals surface area contributed by atoms with E-state index in [9.17, 15) is 16.8 Å². The maximum absolute atomic E-state index is 11.1. The fraction of sp³-hybridized carbons (Fsp3) is 0.833. The van der Waals surface area contributed by atoms with Crippen LogP contribution in [0.2, 0.25) is 0 Å². The smallest absolute Gasteiger partial charge is 0.411 e. The molecule has 0 spiro atoms. The van der Waals surface area contributed by atoms with E-state index in [4.69, 9.17) is 49.7 Å². The average Bonchev–Trinajstić information content (AvgIpc) is 2.99. The van der Waals surface area contributed by atoms with Crippen LogP contribution in [0.3, 0.4) is 0 Å². The molecule has 2 aliphatic heterocycles. The first-order chi connectivity index (χ1) is 10.8. The van der Waals surface area contributed by atoms with Crippen molar-refractivity contribution >= 4 is 78.0 Å². The molecule has 25 heavy (non-hydrogen) atoms. The van der Waals surface area contributed by atoms with Crippen molar-refractivity contribution in [2.75, 3.05) is 37.1 Å². The van der Waals surface area contributed by atoms with Crippen molar-refractivity contribution in [3.05, 3.63) is 0 Å². The molecule has 0 bridgehead atoms. The van der Waals surface area contributed by atoms with Crippen LogP contribution in [-0.4, -0.2) is 84.5 Å². The van der Waals surface area contributed by atoms with E-state index in [1.165, 1.54) is 0 Å². The van der Waals surface area contributed by atoms with E-state index >= 15 is 0 Å². The summed E-state index contributed by atoms with van der Waals surface area (Å²) in [6.07, 6.45) is 1.30. The van der Waals surface area contributed by atoms with Gasteiger partial charge in [0, 0.05) is 26.2 Å². The Kier molecular flexibility index (Phi) is 10.5. The number of hydrogen-bond donors (Lipinski definition) is 0. The summed E-state index contributed by atoms with van der Waals surface area (Å²) in [5.74, 6) is 0.917. The monoisotopic (exact) mass is 503 g/mol. The van der Waals surface area contributed by atoms with E-state index in [1.807, 2.05) is 0 Å². The van der Waals surface area contributed by atoms with Gasteiger partial charge in [0.1, 0.15) is 0 Å². The summed E-state index contributed by atoms with van der Waals surface area (Å²) in [6, 6.07) is -0.000000000000000444. The normalized spacial score (nSPS) is 25.8. The molecule has 2 heterocycles. The summed E-state index contributed by atoms with van der Waals surface area (Å²) in [4.78, 5) is 3.38. The number of thiocarbonyl (C=S) groups is 2. The van der Waals surface area contributed by atoms with Gasteiger partial charge in [0.2, 0.25) is 0 Å². The Bertz CT molecular complexity index is 636. The zero-order valence-corrected chi connectivity index (χ0v) is 19.8. The van der Waals surface area contributed by atoms with E-state index in [0.717, 1.165) is 0 Å². The van der Waals surface area contributed by atoms with Crippen LogP contribution in [0.15, 0.2) is 0 Å². The molecule has 13 heteroatoms. The van der Waals surface area contributed by atoms with E-state index in [1.54, 1.807) is 23.9 Å². The second kappa shape index (κ2) is 10.3. The van der Waals surface area contributed by atoms with Crippen LogP contribution in [-0.2, 0) is 62.0 Å². The molecule has 2 fully saturated rings. The maximum Gasteiger partial charge on any atom is 2.00 e. The predicted octanol–water partition coefficient (Wildman–Crippen LogP) is -0.128. The minimum atomic E-state index is -2.82. The Balaban J connectivity index is 0.000000443. The molecule has 2 unspecified atom stereocenters. The van der Waals surface area contributed by atoms with Gasteiger partial charge in [-0.1, -0.05) is 8.64 Å². The van der Waals surface area contributed by atoms with Crippen LogP contribution in [0.5, 0.6) is 0 Å². The third kappa shape index (κ3) is 8.46. The molecule has 2 atom stereocenters. The Hall–Kier alpha value is 0.639. The van der Waals surface area contributed by atoms with Crippen LogP contribution >= 0.6 is 24.4 Å². The first-order valence-corrected chi connectivity index (χ1v) is 12.4. The van der Waals surface area contributed by atoms with Gasteiger partial charge in [0.15, 0.2) is 19.7 Å². The van der Waals surface area contributed by atoms with Crippen molar-refractivity contribution in [1.29, 1.82) is 0 Å². The van der Waals surface area contributed by atoms with Crippen LogP contribution in [0.4, 0.5) is 0 Å². The van der Waals surface area contributed by atoms with E-state index in [-0.39, 0.29) is 52.2 Å². The number of hydrogen-bond acceptors (Lipinski definition) is 8. The number of nitrogens with zero attached hydrogens (tertiary/aromatic N) is 2. The van der Waals surface area contributed by atoms with Crippen LogP contribution in [0.25, 0.3) is 0 Å². The molecular weight excluding hydrogens is 483 g/mol. The molecule has 1 radical (unpaired) electrons. The first kappa shape index (κ1) is 25.6. The quantitative estimate of drug-likeness (QED) is 0.289. The average molecular weight is 504 g/mol. The summed E-state index contributed by atoms with van der Waals surface area (Å²) < 4.78 is 44.9. The minimum absolute atomic E-state index is 0. The maximum atomic E-state index is 11.1. The molecule has 6 nitrogen and oxygen atoms in total. The largest absolute Gasteiger partial charge is 2.00 e. The predicted molar refractivity (Wildman–Crippen MR) is 110 cm³/mol. The van der Waals surface area contributed by atoms with Crippen LogP contribution < -0.4 is 0 Å². The Morgan fingerprint density at radius 3 is 1.28 bits per heavy atom. The zero-order valence-electron chi connectivity index (χ0n) is 13.8. The van der Waals surface area contributed by atoms with E-state index < -0.39 is 19.7 Å².